The third kappa shape index (κ3) is 3.33. The van der Waals surface area contributed by atoms with E-state index in [9.17, 15) is 4.79 Å². The Hall–Kier alpha value is -2.68. The number of aromatic nitrogens is 4. The number of amides is 1. The van der Waals surface area contributed by atoms with Gasteiger partial charge < -0.3 is 14.5 Å². The van der Waals surface area contributed by atoms with Crippen LogP contribution in [0.1, 0.15) is 34.0 Å². The minimum Gasteiger partial charge on any atom is -0.474 e. The van der Waals surface area contributed by atoms with Crippen LogP contribution in [-0.4, -0.2) is 76.9 Å². The number of rotatable bonds is 3. The topological polar surface area (TPSA) is 79.6 Å². The molecule has 0 bridgehead atoms. The lowest BCUT2D eigenvalue weighted by atomic mass is 10.2. The predicted molar refractivity (Wildman–Crippen MR) is 111 cm³/mol. The largest absolute Gasteiger partial charge is 0.474 e. The lowest BCUT2D eigenvalue weighted by molar-refractivity contribution is 0.0965. The summed E-state index contributed by atoms with van der Waals surface area (Å²) in [6, 6.07) is 0.490. The molecule has 156 valence electrons. The van der Waals surface area contributed by atoms with Crippen molar-refractivity contribution in [2.45, 2.75) is 33.2 Å². The predicted octanol–water partition coefficient (Wildman–Crippen LogP) is 1.31. The molecule has 1 fully saturated rings. The number of likely N-dealkylation sites (N-methyl/N-ethyl adjacent to an activating group) is 1. The molecule has 0 N–H and O–H groups in total. The number of carbonyl (C=O) groups is 1. The lowest BCUT2D eigenvalue weighted by Crippen LogP contribution is -2.39. The summed E-state index contributed by atoms with van der Waals surface area (Å²) in [5.74, 6) is 1.49. The number of anilines is 2. The Morgan fingerprint density at radius 3 is 2.59 bits per heavy atom. The summed E-state index contributed by atoms with van der Waals surface area (Å²) in [4.78, 5) is 28.9. The van der Waals surface area contributed by atoms with Gasteiger partial charge in [-0.15, -0.1) is 0 Å². The van der Waals surface area contributed by atoms with E-state index in [4.69, 9.17) is 9.72 Å². The SMILES string of the molecule is Cc1nc(C(=O)N2CCOc3c2c(C)nn3C)nc(N2CC[C@@H](N(C)C)C2)c1C. The minimum atomic E-state index is -0.210. The number of carbonyl (C=O) groups excluding carboxylic acids is 1. The number of aryl methyl sites for hydroxylation is 3. The number of ether oxygens (including phenoxy) is 1. The maximum absolute atomic E-state index is 13.4. The maximum Gasteiger partial charge on any atom is 0.296 e. The van der Waals surface area contributed by atoms with Gasteiger partial charge in [0.1, 0.15) is 18.1 Å². The Balaban J connectivity index is 1.68. The van der Waals surface area contributed by atoms with Gasteiger partial charge in [0.15, 0.2) is 0 Å². The fourth-order valence-electron chi connectivity index (χ4n) is 4.14. The Bertz CT molecular complexity index is 953. The molecule has 4 rings (SSSR count). The highest BCUT2D eigenvalue weighted by Gasteiger charge is 2.33. The van der Waals surface area contributed by atoms with Gasteiger partial charge in [-0.3, -0.25) is 9.69 Å². The van der Waals surface area contributed by atoms with Crippen LogP contribution in [0.3, 0.4) is 0 Å². The van der Waals surface area contributed by atoms with Gasteiger partial charge in [0.05, 0.1) is 12.2 Å². The summed E-state index contributed by atoms with van der Waals surface area (Å²) < 4.78 is 7.40. The average molecular weight is 399 g/mol. The van der Waals surface area contributed by atoms with Gasteiger partial charge in [-0.1, -0.05) is 0 Å². The van der Waals surface area contributed by atoms with Gasteiger partial charge in [-0.25, -0.2) is 14.6 Å². The quantitative estimate of drug-likeness (QED) is 0.770. The monoisotopic (exact) mass is 399 g/mol. The normalized spacial score (nSPS) is 18.9. The molecule has 1 saturated heterocycles. The average Bonchev–Trinajstić information content (AvgIpc) is 3.29. The second-order valence-corrected chi connectivity index (χ2v) is 8.10. The number of hydrogen-bond acceptors (Lipinski definition) is 7. The molecule has 4 heterocycles. The molecule has 29 heavy (non-hydrogen) atoms. The van der Waals surface area contributed by atoms with E-state index in [-0.39, 0.29) is 11.7 Å². The van der Waals surface area contributed by atoms with Crippen molar-refractivity contribution < 1.29 is 9.53 Å². The maximum atomic E-state index is 13.4. The Labute approximate surface area is 171 Å². The molecule has 0 spiro atoms. The van der Waals surface area contributed by atoms with Crippen molar-refractivity contribution in [2.75, 3.05) is 50.1 Å². The van der Waals surface area contributed by atoms with Crippen LogP contribution in [0.2, 0.25) is 0 Å². The Kier molecular flexibility index (Phi) is 4.94. The van der Waals surface area contributed by atoms with E-state index in [1.54, 1.807) is 9.58 Å². The summed E-state index contributed by atoms with van der Waals surface area (Å²) in [5.41, 5.74) is 3.33. The fourth-order valence-corrected chi connectivity index (χ4v) is 4.14. The van der Waals surface area contributed by atoms with Crippen molar-refractivity contribution >= 4 is 17.4 Å². The van der Waals surface area contributed by atoms with E-state index in [2.05, 4.69) is 34.0 Å². The smallest absolute Gasteiger partial charge is 0.296 e. The zero-order chi connectivity index (χ0) is 20.9. The summed E-state index contributed by atoms with van der Waals surface area (Å²) in [6.07, 6.45) is 1.08. The van der Waals surface area contributed by atoms with Crippen LogP contribution in [-0.2, 0) is 7.05 Å². The van der Waals surface area contributed by atoms with Crippen molar-refractivity contribution in [2.24, 2.45) is 7.05 Å². The van der Waals surface area contributed by atoms with Crippen molar-refractivity contribution in [1.29, 1.82) is 0 Å². The molecule has 0 aliphatic carbocycles. The van der Waals surface area contributed by atoms with E-state index < -0.39 is 0 Å². The first-order chi connectivity index (χ1) is 13.8. The molecular weight excluding hydrogens is 370 g/mol. The van der Waals surface area contributed by atoms with Crippen LogP contribution in [0.4, 0.5) is 11.5 Å². The molecule has 2 aromatic heterocycles. The van der Waals surface area contributed by atoms with Crippen molar-refractivity contribution in [1.82, 2.24) is 24.6 Å². The number of fused-ring (bicyclic) bond motifs is 1. The molecule has 0 saturated carbocycles. The lowest BCUT2D eigenvalue weighted by Gasteiger charge is -2.28. The second kappa shape index (κ2) is 7.29. The number of hydrogen-bond donors (Lipinski definition) is 0. The summed E-state index contributed by atoms with van der Waals surface area (Å²) >= 11 is 0. The molecular formula is C20H29N7O2. The highest BCUT2D eigenvalue weighted by molar-refractivity contribution is 6.05. The van der Waals surface area contributed by atoms with Crippen LogP contribution in [0.15, 0.2) is 0 Å². The highest BCUT2D eigenvalue weighted by atomic mass is 16.5. The van der Waals surface area contributed by atoms with Gasteiger partial charge >= 0.3 is 0 Å². The Morgan fingerprint density at radius 2 is 1.90 bits per heavy atom. The molecule has 2 aliphatic heterocycles. The van der Waals surface area contributed by atoms with E-state index in [1.807, 2.05) is 27.8 Å². The van der Waals surface area contributed by atoms with E-state index >= 15 is 0 Å². The van der Waals surface area contributed by atoms with Crippen molar-refractivity contribution in [3.05, 3.63) is 22.8 Å². The molecule has 9 heteroatoms. The fraction of sp³-hybridized carbons (Fsp3) is 0.600. The van der Waals surface area contributed by atoms with Crippen molar-refractivity contribution in [3.63, 3.8) is 0 Å². The molecule has 0 aromatic carbocycles. The van der Waals surface area contributed by atoms with E-state index in [1.165, 1.54) is 0 Å². The number of nitrogens with zero attached hydrogens (tertiary/aromatic N) is 7. The van der Waals surface area contributed by atoms with E-state index in [0.29, 0.717) is 30.8 Å². The molecule has 0 radical (unpaired) electrons. The zero-order valence-corrected chi connectivity index (χ0v) is 18.1. The molecule has 0 unspecified atom stereocenters. The third-order valence-electron chi connectivity index (χ3n) is 5.96. The van der Waals surface area contributed by atoms with Crippen LogP contribution >= 0.6 is 0 Å². The first-order valence-corrected chi connectivity index (χ1v) is 10.0. The molecule has 1 atom stereocenters. The molecule has 2 aliphatic rings. The van der Waals surface area contributed by atoms with Gasteiger partial charge in [0.2, 0.25) is 11.7 Å². The zero-order valence-electron chi connectivity index (χ0n) is 18.1. The van der Waals surface area contributed by atoms with Crippen LogP contribution in [0.5, 0.6) is 5.88 Å². The van der Waals surface area contributed by atoms with Gasteiger partial charge in [0, 0.05) is 37.4 Å². The first kappa shape index (κ1) is 19.6. The van der Waals surface area contributed by atoms with Crippen LogP contribution in [0, 0.1) is 20.8 Å². The standard InChI is InChI=1S/C20H29N7O2/c1-12-13(2)21-17(22-18(12)26-8-7-15(11-26)24(4)5)19(28)27-9-10-29-20-16(27)14(3)23-25(20)6/h15H,7-11H2,1-6H3/t15-/m1/s1. The third-order valence-corrected chi connectivity index (χ3v) is 5.96. The molecule has 9 nitrogen and oxygen atoms in total. The second-order valence-electron chi connectivity index (χ2n) is 8.10. The minimum absolute atomic E-state index is 0.210. The van der Waals surface area contributed by atoms with Crippen LogP contribution in [0.25, 0.3) is 0 Å². The van der Waals surface area contributed by atoms with Crippen molar-refractivity contribution in [3.8, 4) is 5.88 Å². The molecule has 2 aromatic rings. The summed E-state index contributed by atoms with van der Waals surface area (Å²) in [7, 11) is 6.03. The van der Waals surface area contributed by atoms with E-state index in [0.717, 1.165) is 42.3 Å². The van der Waals surface area contributed by atoms with Gasteiger partial charge in [0.25, 0.3) is 5.91 Å². The van der Waals surface area contributed by atoms with Gasteiger partial charge in [-0.05, 0) is 41.3 Å². The summed E-state index contributed by atoms with van der Waals surface area (Å²) in [5, 5.41) is 4.40. The summed E-state index contributed by atoms with van der Waals surface area (Å²) in [6.45, 7) is 8.56. The van der Waals surface area contributed by atoms with Crippen LogP contribution < -0.4 is 14.5 Å². The highest BCUT2D eigenvalue weighted by Crippen LogP contribution is 2.35. The van der Waals surface area contributed by atoms with Gasteiger partial charge in [-0.2, -0.15) is 5.10 Å². The first-order valence-electron chi connectivity index (χ1n) is 10.0. The molecule has 1 amide bonds. The Morgan fingerprint density at radius 1 is 1.14 bits per heavy atom.